The van der Waals surface area contributed by atoms with Crippen LogP contribution in [0.5, 0.6) is 0 Å². The highest BCUT2D eigenvalue weighted by atomic mass is 32.2. The number of hydrogen-bond donors (Lipinski definition) is 0. The van der Waals surface area contributed by atoms with Gasteiger partial charge in [-0.1, -0.05) is 12.1 Å². The van der Waals surface area contributed by atoms with Crippen LogP contribution in [0, 0.1) is 5.82 Å². The van der Waals surface area contributed by atoms with Gasteiger partial charge in [0.15, 0.2) is 0 Å². The van der Waals surface area contributed by atoms with Gasteiger partial charge >= 0.3 is 0 Å². The first kappa shape index (κ1) is 18.4. The summed E-state index contributed by atoms with van der Waals surface area (Å²) in [7, 11) is -1.61. The molecule has 1 aliphatic rings. The highest BCUT2D eigenvalue weighted by molar-refractivity contribution is 7.92. The van der Waals surface area contributed by atoms with E-state index in [0.29, 0.717) is 24.2 Å². The molecule has 7 heteroatoms. The molecule has 1 aliphatic heterocycles. The van der Waals surface area contributed by atoms with E-state index < -0.39 is 10.0 Å². The van der Waals surface area contributed by atoms with Crippen molar-refractivity contribution in [2.24, 2.45) is 0 Å². The Bertz CT molecular complexity index is 942. The molecule has 26 heavy (non-hydrogen) atoms. The first-order valence-corrected chi connectivity index (χ1v) is 10.2. The van der Waals surface area contributed by atoms with E-state index in [9.17, 15) is 17.6 Å². The number of fused-ring (bicyclic) bond motifs is 1. The van der Waals surface area contributed by atoms with E-state index in [1.54, 1.807) is 42.3 Å². The fraction of sp³-hybridized carbons (Fsp3) is 0.316. The molecule has 0 spiro atoms. The van der Waals surface area contributed by atoms with E-state index in [1.165, 1.54) is 22.7 Å². The second kappa shape index (κ2) is 6.72. The van der Waals surface area contributed by atoms with Crippen molar-refractivity contribution in [3.05, 3.63) is 65.0 Å². The molecule has 0 bridgehead atoms. The van der Waals surface area contributed by atoms with Crippen LogP contribution in [-0.4, -0.2) is 39.1 Å². The highest BCUT2D eigenvalue weighted by Crippen LogP contribution is 2.31. The van der Waals surface area contributed by atoms with Crippen LogP contribution in [0.25, 0.3) is 0 Å². The van der Waals surface area contributed by atoms with Crippen LogP contribution < -0.4 is 4.31 Å². The van der Waals surface area contributed by atoms with Crippen molar-refractivity contribution in [1.82, 2.24) is 4.90 Å². The molecular formula is C19H21FN2O3S. The number of amides is 1. The largest absolute Gasteiger partial charge is 0.335 e. The van der Waals surface area contributed by atoms with Crippen molar-refractivity contribution in [3.63, 3.8) is 0 Å². The van der Waals surface area contributed by atoms with Crippen molar-refractivity contribution in [2.75, 3.05) is 24.2 Å². The van der Waals surface area contributed by atoms with Crippen molar-refractivity contribution in [3.8, 4) is 0 Å². The average Bonchev–Trinajstić information content (AvgIpc) is 3.04. The number of nitrogens with zero attached hydrogens (tertiary/aromatic N) is 2. The Morgan fingerprint density at radius 3 is 2.46 bits per heavy atom. The molecule has 0 radical (unpaired) electrons. The van der Waals surface area contributed by atoms with Gasteiger partial charge < -0.3 is 4.90 Å². The first-order valence-electron chi connectivity index (χ1n) is 8.32. The van der Waals surface area contributed by atoms with E-state index in [-0.39, 0.29) is 17.8 Å². The van der Waals surface area contributed by atoms with Gasteiger partial charge in [0.25, 0.3) is 5.91 Å². The van der Waals surface area contributed by atoms with Crippen LogP contribution in [0.2, 0.25) is 0 Å². The lowest BCUT2D eigenvalue weighted by molar-refractivity contribution is 0.0742. The minimum atomic E-state index is -3.31. The molecule has 1 heterocycles. The molecule has 2 aromatic rings. The number of rotatable bonds is 4. The van der Waals surface area contributed by atoms with E-state index in [1.807, 2.05) is 6.92 Å². The Balaban J connectivity index is 1.83. The van der Waals surface area contributed by atoms with Gasteiger partial charge in [-0.3, -0.25) is 9.10 Å². The van der Waals surface area contributed by atoms with Crippen LogP contribution in [0.3, 0.4) is 0 Å². The van der Waals surface area contributed by atoms with E-state index >= 15 is 0 Å². The minimum absolute atomic E-state index is 0.164. The molecule has 0 fully saturated rings. The predicted octanol–water partition coefficient (Wildman–Crippen LogP) is 2.98. The van der Waals surface area contributed by atoms with Crippen LogP contribution in [0.4, 0.5) is 10.1 Å². The molecule has 5 nitrogen and oxygen atoms in total. The zero-order valence-electron chi connectivity index (χ0n) is 14.9. The van der Waals surface area contributed by atoms with Crippen molar-refractivity contribution in [2.45, 2.75) is 19.4 Å². The van der Waals surface area contributed by atoms with Crippen molar-refractivity contribution in [1.29, 1.82) is 0 Å². The lowest BCUT2D eigenvalue weighted by Gasteiger charge is -2.26. The third-order valence-electron chi connectivity index (χ3n) is 4.83. The molecule has 0 aromatic heterocycles. The SMILES string of the molecule is CC(c1ccc(F)cc1)N(C)C(=O)c1ccc2c(c1)CCN2S(C)(=O)=O. The maximum atomic E-state index is 13.1. The molecule has 3 rings (SSSR count). The van der Waals surface area contributed by atoms with Crippen molar-refractivity contribution >= 4 is 21.6 Å². The van der Waals surface area contributed by atoms with Crippen LogP contribution in [0.1, 0.15) is 34.5 Å². The summed E-state index contributed by atoms with van der Waals surface area (Å²) in [5.74, 6) is -0.480. The van der Waals surface area contributed by atoms with Gasteiger partial charge in [0.05, 0.1) is 18.0 Å². The maximum absolute atomic E-state index is 13.1. The zero-order chi connectivity index (χ0) is 19.1. The Morgan fingerprint density at radius 2 is 1.85 bits per heavy atom. The fourth-order valence-electron chi connectivity index (χ4n) is 3.19. The molecule has 0 N–H and O–H groups in total. The maximum Gasteiger partial charge on any atom is 0.254 e. The van der Waals surface area contributed by atoms with Gasteiger partial charge in [-0.25, -0.2) is 12.8 Å². The van der Waals surface area contributed by atoms with Gasteiger partial charge in [-0.2, -0.15) is 0 Å². The second-order valence-electron chi connectivity index (χ2n) is 6.57. The van der Waals surface area contributed by atoms with Crippen LogP contribution >= 0.6 is 0 Å². The quantitative estimate of drug-likeness (QED) is 0.824. The highest BCUT2D eigenvalue weighted by Gasteiger charge is 2.27. The summed E-state index contributed by atoms with van der Waals surface area (Å²) in [6.45, 7) is 2.28. The molecule has 1 unspecified atom stereocenters. The predicted molar refractivity (Wildman–Crippen MR) is 99.2 cm³/mol. The molecule has 0 aliphatic carbocycles. The van der Waals surface area contributed by atoms with E-state index in [4.69, 9.17) is 0 Å². The minimum Gasteiger partial charge on any atom is -0.335 e. The Hall–Kier alpha value is -2.41. The monoisotopic (exact) mass is 376 g/mol. The molecule has 138 valence electrons. The van der Waals surface area contributed by atoms with Gasteiger partial charge in [-0.05, 0) is 54.8 Å². The summed E-state index contributed by atoms with van der Waals surface area (Å²) >= 11 is 0. The third kappa shape index (κ3) is 3.44. The topological polar surface area (TPSA) is 57.7 Å². The summed E-state index contributed by atoms with van der Waals surface area (Å²) < 4.78 is 38.1. The standard InChI is InChI=1S/C19H21FN2O3S/c1-13(14-4-7-17(20)8-5-14)21(2)19(23)16-6-9-18-15(12-16)10-11-22(18)26(3,24)25/h4-9,12-13H,10-11H2,1-3H3. The fourth-order valence-corrected chi connectivity index (χ4v) is 4.15. The normalized spacial score (nSPS) is 14.8. The second-order valence-corrected chi connectivity index (χ2v) is 8.48. The first-order chi connectivity index (χ1) is 12.2. The van der Waals surface area contributed by atoms with Crippen LogP contribution in [0.15, 0.2) is 42.5 Å². The number of anilines is 1. The van der Waals surface area contributed by atoms with Crippen molar-refractivity contribution < 1.29 is 17.6 Å². The van der Waals surface area contributed by atoms with Gasteiger partial charge in [-0.15, -0.1) is 0 Å². The van der Waals surface area contributed by atoms with Gasteiger partial charge in [0.2, 0.25) is 10.0 Å². The van der Waals surface area contributed by atoms with Gasteiger partial charge in [0.1, 0.15) is 5.82 Å². The number of hydrogen-bond acceptors (Lipinski definition) is 3. The Labute approximate surface area is 153 Å². The summed E-state index contributed by atoms with van der Waals surface area (Å²) in [6, 6.07) is 11.0. The number of halogens is 1. The summed E-state index contributed by atoms with van der Waals surface area (Å²) in [4.78, 5) is 14.4. The third-order valence-corrected chi connectivity index (χ3v) is 6.01. The molecule has 0 saturated carbocycles. The number of carbonyl (C=O) groups excluding carboxylic acids is 1. The van der Waals surface area contributed by atoms with Crippen LogP contribution in [-0.2, 0) is 16.4 Å². The Morgan fingerprint density at radius 1 is 1.19 bits per heavy atom. The summed E-state index contributed by atoms with van der Waals surface area (Å²) in [5, 5.41) is 0. The lowest BCUT2D eigenvalue weighted by Crippen LogP contribution is -2.30. The molecular weight excluding hydrogens is 355 g/mol. The van der Waals surface area contributed by atoms with E-state index in [2.05, 4.69) is 0 Å². The Kier molecular flexibility index (Phi) is 4.75. The van der Waals surface area contributed by atoms with E-state index in [0.717, 1.165) is 11.1 Å². The average molecular weight is 376 g/mol. The number of benzene rings is 2. The summed E-state index contributed by atoms with van der Waals surface area (Å²) in [6.07, 6.45) is 1.76. The lowest BCUT2D eigenvalue weighted by atomic mass is 10.0. The molecule has 2 aromatic carbocycles. The summed E-state index contributed by atoms with van der Waals surface area (Å²) in [5.41, 5.74) is 2.84. The molecule has 1 atom stereocenters. The molecule has 1 amide bonds. The molecule has 0 saturated heterocycles. The number of carbonyl (C=O) groups is 1. The zero-order valence-corrected chi connectivity index (χ0v) is 15.8. The smallest absolute Gasteiger partial charge is 0.254 e. The number of sulfonamides is 1. The van der Waals surface area contributed by atoms with Gasteiger partial charge in [0, 0.05) is 19.2 Å².